The molecule has 4 nitrogen and oxygen atoms in total. The minimum Gasteiger partial charge on any atom is -0.369 e. The summed E-state index contributed by atoms with van der Waals surface area (Å²) in [6.45, 7) is 1.02. The third-order valence-electron chi connectivity index (χ3n) is 0.584. The van der Waals surface area contributed by atoms with Gasteiger partial charge in [-0.25, -0.2) is 0 Å². The lowest BCUT2D eigenvalue weighted by Crippen LogP contribution is -1.96. The van der Waals surface area contributed by atoms with Crippen LogP contribution in [0, 0.1) is 12.3 Å². The molecular weight excluding hydrogens is 118 g/mol. The number of hydrogen-bond acceptors (Lipinski definition) is 2. The van der Waals surface area contributed by atoms with E-state index in [9.17, 15) is 0 Å². The minimum absolute atomic E-state index is 0.279. The van der Waals surface area contributed by atoms with Gasteiger partial charge in [0.2, 0.25) is 0 Å². The highest BCUT2D eigenvalue weighted by molar-refractivity contribution is 4.82. The summed E-state index contributed by atoms with van der Waals surface area (Å²) >= 11 is 0. The molecule has 0 bridgehead atoms. The Hall–Kier alpha value is -1.17. The summed E-state index contributed by atoms with van der Waals surface area (Å²) in [5, 5.41) is 3.23. The molecule has 0 saturated carbocycles. The molecular formula is C5H7N3O. The van der Waals surface area contributed by atoms with Crippen molar-refractivity contribution in [1.29, 1.82) is 0 Å². The lowest BCUT2D eigenvalue weighted by Gasteiger charge is -1.91. The van der Waals surface area contributed by atoms with E-state index < -0.39 is 0 Å². The van der Waals surface area contributed by atoms with Crippen LogP contribution in [0.5, 0.6) is 0 Å². The normalized spacial score (nSPS) is 7.44. The topological polar surface area (TPSA) is 58.0 Å². The maximum Gasteiger partial charge on any atom is 0.107 e. The molecule has 0 aromatic rings. The Bertz CT molecular complexity index is 143. The van der Waals surface area contributed by atoms with Crippen molar-refractivity contribution in [3.8, 4) is 12.3 Å². The van der Waals surface area contributed by atoms with E-state index in [1.807, 2.05) is 0 Å². The molecule has 0 spiro atoms. The molecule has 0 aromatic heterocycles. The molecule has 0 aromatic carbocycles. The molecule has 0 saturated heterocycles. The first-order chi connectivity index (χ1) is 4.41. The van der Waals surface area contributed by atoms with Crippen molar-refractivity contribution in [2.24, 2.45) is 5.11 Å². The summed E-state index contributed by atoms with van der Waals surface area (Å²) in [6, 6.07) is 0. The van der Waals surface area contributed by atoms with Gasteiger partial charge >= 0.3 is 0 Å². The Labute approximate surface area is 53.4 Å². The average molecular weight is 125 g/mol. The highest BCUT2D eigenvalue weighted by Crippen LogP contribution is 1.74. The summed E-state index contributed by atoms with van der Waals surface area (Å²) in [5.74, 6) is 2.29. The van der Waals surface area contributed by atoms with Crippen LogP contribution in [0.3, 0.4) is 0 Å². The van der Waals surface area contributed by atoms with E-state index in [-0.39, 0.29) is 6.61 Å². The first-order valence-corrected chi connectivity index (χ1v) is 2.44. The van der Waals surface area contributed by atoms with Crippen molar-refractivity contribution >= 4 is 0 Å². The molecule has 0 aliphatic rings. The van der Waals surface area contributed by atoms with Crippen LogP contribution in [0.4, 0.5) is 0 Å². The van der Waals surface area contributed by atoms with Gasteiger partial charge in [-0.1, -0.05) is 11.0 Å². The average Bonchev–Trinajstić information content (AvgIpc) is 1.89. The Morgan fingerprint density at radius 1 is 1.78 bits per heavy atom. The third-order valence-corrected chi connectivity index (χ3v) is 0.584. The van der Waals surface area contributed by atoms with E-state index in [0.717, 1.165) is 0 Å². The molecule has 0 N–H and O–H groups in total. The quantitative estimate of drug-likeness (QED) is 0.181. The zero-order chi connectivity index (χ0) is 6.95. The second-order valence-electron chi connectivity index (χ2n) is 1.21. The molecule has 0 unspecified atom stereocenters. The summed E-state index contributed by atoms with van der Waals surface area (Å²) in [5.41, 5.74) is 7.79. The fraction of sp³-hybridized carbons (Fsp3) is 0.600. The molecule has 0 rings (SSSR count). The zero-order valence-electron chi connectivity index (χ0n) is 4.95. The van der Waals surface area contributed by atoms with Gasteiger partial charge < -0.3 is 4.74 Å². The molecule has 0 aliphatic carbocycles. The number of hydrogen-bond donors (Lipinski definition) is 0. The standard InChI is InChI=1S/C5H7N3O/c1-2-4-9-5-3-7-8-6/h1H,3-5H2. The van der Waals surface area contributed by atoms with Gasteiger partial charge in [0, 0.05) is 11.5 Å². The monoisotopic (exact) mass is 125 g/mol. The summed E-state index contributed by atoms with van der Waals surface area (Å²) in [7, 11) is 0. The molecule has 0 fully saturated rings. The van der Waals surface area contributed by atoms with E-state index in [1.54, 1.807) is 0 Å². The molecule has 9 heavy (non-hydrogen) atoms. The fourth-order valence-electron chi connectivity index (χ4n) is 0.281. The lowest BCUT2D eigenvalue weighted by molar-refractivity contribution is 0.175. The van der Waals surface area contributed by atoms with Crippen LogP contribution in [0.1, 0.15) is 0 Å². The fourth-order valence-corrected chi connectivity index (χ4v) is 0.281. The van der Waals surface area contributed by atoms with Crippen LogP contribution in [0.2, 0.25) is 0 Å². The second kappa shape index (κ2) is 6.83. The van der Waals surface area contributed by atoms with Crippen LogP contribution in [-0.4, -0.2) is 19.8 Å². The lowest BCUT2D eigenvalue weighted by atomic mass is 10.7. The van der Waals surface area contributed by atoms with Crippen molar-refractivity contribution in [3.63, 3.8) is 0 Å². The first-order valence-electron chi connectivity index (χ1n) is 2.44. The molecule has 0 radical (unpaired) electrons. The summed E-state index contributed by atoms with van der Waals surface area (Å²) in [6.07, 6.45) is 4.86. The first kappa shape index (κ1) is 7.83. The molecule has 0 aliphatic heterocycles. The van der Waals surface area contributed by atoms with Crippen LogP contribution in [0.15, 0.2) is 5.11 Å². The smallest absolute Gasteiger partial charge is 0.107 e. The van der Waals surface area contributed by atoms with Gasteiger partial charge in [0.15, 0.2) is 0 Å². The number of nitrogens with zero attached hydrogens (tertiary/aromatic N) is 3. The van der Waals surface area contributed by atoms with E-state index in [4.69, 9.17) is 16.7 Å². The molecule has 4 heteroatoms. The van der Waals surface area contributed by atoms with Crippen LogP contribution < -0.4 is 0 Å². The van der Waals surface area contributed by atoms with Gasteiger partial charge in [-0.15, -0.1) is 6.42 Å². The van der Waals surface area contributed by atoms with Crippen molar-refractivity contribution in [3.05, 3.63) is 10.4 Å². The summed E-state index contributed by atoms with van der Waals surface area (Å²) < 4.78 is 4.78. The van der Waals surface area contributed by atoms with Gasteiger partial charge in [0.1, 0.15) is 6.61 Å². The zero-order valence-corrected chi connectivity index (χ0v) is 4.95. The number of ether oxygens (including phenoxy) is 1. The van der Waals surface area contributed by atoms with Crippen LogP contribution in [-0.2, 0) is 4.74 Å². The Morgan fingerprint density at radius 2 is 2.56 bits per heavy atom. The van der Waals surface area contributed by atoms with Crippen molar-refractivity contribution < 1.29 is 4.74 Å². The van der Waals surface area contributed by atoms with E-state index in [2.05, 4.69) is 15.9 Å². The largest absolute Gasteiger partial charge is 0.369 e. The second-order valence-corrected chi connectivity index (χ2v) is 1.21. The number of azide groups is 1. The Morgan fingerprint density at radius 3 is 3.11 bits per heavy atom. The SMILES string of the molecule is C#CCOCCN=[N+]=[N-]. The van der Waals surface area contributed by atoms with E-state index in [0.29, 0.717) is 13.2 Å². The predicted molar refractivity (Wildman–Crippen MR) is 33.7 cm³/mol. The molecule has 0 heterocycles. The molecule has 48 valence electrons. The van der Waals surface area contributed by atoms with E-state index >= 15 is 0 Å². The maximum atomic E-state index is 7.79. The Kier molecular flexibility index (Phi) is 5.94. The Balaban J connectivity index is 2.93. The minimum atomic E-state index is 0.279. The van der Waals surface area contributed by atoms with Crippen molar-refractivity contribution in [2.75, 3.05) is 19.8 Å². The summed E-state index contributed by atoms with van der Waals surface area (Å²) in [4.78, 5) is 2.53. The number of terminal acetylenes is 1. The highest BCUT2D eigenvalue weighted by Gasteiger charge is 1.79. The number of rotatable bonds is 4. The van der Waals surface area contributed by atoms with Gasteiger partial charge in [0.25, 0.3) is 0 Å². The maximum absolute atomic E-state index is 7.79. The van der Waals surface area contributed by atoms with Crippen molar-refractivity contribution in [1.82, 2.24) is 0 Å². The highest BCUT2D eigenvalue weighted by atomic mass is 16.5. The predicted octanol–water partition coefficient (Wildman–Crippen LogP) is 0.947. The molecule has 0 atom stereocenters. The molecule has 0 amide bonds. The van der Waals surface area contributed by atoms with Crippen molar-refractivity contribution in [2.45, 2.75) is 0 Å². The van der Waals surface area contributed by atoms with Gasteiger partial charge in [0.05, 0.1) is 6.61 Å². The van der Waals surface area contributed by atoms with Crippen LogP contribution >= 0.6 is 0 Å². The van der Waals surface area contributed by atoms with Gasteiger partial charge in [-0.3, -0.25) is 0 Å². The van der Waals surface area contributed by atoms with Crippen LogP contribution in [0.25, 0.3) is 10.4 Å². The van der Waals surface area contributed by atoms with E-state index in [1.165, 1.54) is 0 Å². The third kappa shape index (κ3) is 6.83. The van der Waals surface area contributed by atoms with Gasteiger partial charge in [-0.2, -0.15) is 0 Å². The van der Waals surface area contributed by atoms with Gasteiger partial charge in [-0.05, 0) is 5.53 Å².